The van der Waals surface area contributed by atoms with Crippen LogP contribution in [-0.2, 0) is 11.3 Å². The van der Waals surface area contributed by atoms with Crippen LogP contribution in [0, 0.1) is 6.92 Å². The number of amides is 1. The minimum absolute atomic E-state index is 0.0400. The van der Waals surface area contributed by atoms with Crippen molar-refractivity contribution in [3.63, 3.8) is 0 Å². The van der Waals surface area contributed by atoms with Crippen molar-refractivity contribution in [2.75, 3.05) is 10.7 Å². The number of hydrogen-bond acceptors (Lipinski definition) is 4. The fourth-order valence-electron chi connectivity index (χ4n) is 3.16. The summed E-state index contributed by atoms with van der Waals surface area (Å²) in [6.07, 6.45) is 0.406. The molecule has 0 saturated heterocycles. The summed E-state index contributed by atoms with van der Waals surface area (Å²) in [6.45, 7) is 2.48. The summed E-state index contributed by atoms with van der Waals surface area (Å²) in [5.41, 5.74) is 2.96. The fraction of sp³-hybridized carbons (Fsp3) is 0.167. The third kappa shape index (κ3) is 5.42. The summed E-state index contributed by atoms with van der Waals surface area (Å²) in [6, 6.07) is 21.5. The Balaban J connectivity index is 1.56. The number of thioether (sulfide) groups is 1. The Kier molecular flexibility index (Phi) is 7.18. The van der Waals surface area contributed by atoms with Gasteiger partial charge in [-0.25, -0.2) is 4.98 Å². The molecule has 0 unspecified atom stereocenters. The van der Waals surface area contributed by atoms with Crippen molar-refractivity contribution in [1.29, 1.82) is 0 Å². The number of nitrogens with zero attached hydrogens (tertiary/aromatic N) is 2. The van der Waals surface area contributed by atoms with Crippen molar-refractivity contribution in [1.82, 2.24) is 4.98 Å². The lowest BCUT2D eigenvalue weighted by atomic mass is 10.2. The van der Waals surface area contributed by atoms with Gasteiger partial charge < -0.3 is 0 Å². The van der Waals surface area contributed by atoms with E-state index in [1.165, 1.54) is 11.3 Å². The van der Waals surface area contributed by atoms with Gasteiger partial charge in [0.25, 0.3) is 0 Å². The molecule has 0 N–H and O–H groups in total. The molecule has 3 aromatic carbocycles. The molecule has 7 heteroatoms. The molecule has 0 spiro atoms. The van der Waals surface area contributed by atoms with Crippen LogP contribution in [0.4, 0.5) is 5.13 Å². The van der Waals surface area contributed by atoms with Crippen molar-refractivity contribution < 1.29 is 4.79 Å². The molecular formula is C24H20Cl2N2OS2. The highest BCUT2D eigenvalue weighted by atomic mass is 35.5. The molecule has 0 aliphatic carbocycles. The smallest absolute Gasteiger partial charge is 0.229 e. The van der Waals surface area contributed by atoms with Gasteiger partial charge in [0.2, 0.25) is 5.91 Å². The molecule has 0 aliphatic rings. The Morgan fingerprint density at radius 2 is 1.77 bits per heavy atom. The molecule has 158 valence electrons. The first-order valence-electron chi connectivity index (χ1n) is 9.79. The van der Waals surface area contributed by atoms with Gasteiger partial charge in [-0.1, -0.05) is 70.9 Å². The highest BCUT2D eigenvalue weighted by Gasteiger charge is 2.21. The number of thiazole rings is 1. The van der Waals surface area contributed by atoms with Gasteiger partial charge in [0.1, 0.15) is 0 Å². The Hall–Kier alpha value is -2.05. The zero-order chi connectivity index (χ0) is 21.8. The van der Waals surface area contributed by atoms with E-state index >= 15 is 0 Å². The Bertz CT molecular complexity index is 1150. The number of benzene rings is 3. The number of halogens is 2. The van der Waals surface area contributed by atoms with E-state index in [1.807, 2.05) is 73.7 Å². The van der Waals surface area contributed by atoms with Crippen LogP contribution in [0.1, 0.15) is 17.5 Å². The van der Waals surface area contributed by atoms with Crippen LogP contribution in [0.2, 0.25) is 10.0 Å². The lowest BCUT2D eigenvalue weighted by molar-refractivity contribution is -0.118. The van der Waals surface area contributed by atoms with Crippen LogP contribution in [-0.4, -0.2) is 16.6 Å². The molecule has 0 fully saturated rings. The molecule has 4 rings (SSSR count). The number of aryl methyl sites for hydroxylation is 1. The van der Waals surface area contributed by atoms with Gasteiger partial charge in [0.15, 0.2) is 5.13 Å². The average Bonchev–Trinajstić information content (AvgIpc) is 3.23. The maximum atomic E-state index is 13.3. The first-order chi connectivity index (χ1) is 15.0. The average molecular weight is 487 g/mol. The SMILES string of the molecule is Cc1ccc(Cl)c2sc(N(Cc3ccccc3)C(=O)CCSc3ccc(Cl)cc3)nc12. The van der Waals surface area contributed by atoms with Crippen LogP contribution in [0.15, 0.2) is 71.6 Å². The second-order valence-corrected chi connectivity index (χ2v) is 10.0. The van der Waals surface area contributed by atoms with Crippen LogP contribution in [0.25, 0.3) is 10.2 Å². The number of hydrogen-bond donors (Lipinski definition) is 0. The summed E-state index contributed by atoms with van der Waals surface area (Å²) < 4.78 is 0.915. The lowest BCUT2D eigenvalue weighted by Gasteiger charge is -2.20. The summed E-state index contributed by atoms with van der Waals surface area (Å²) in [7, 11) is 0. The van der Waals surface area contributed by atoms with Gasteiger partial charge in [-0.3, -0.25) is 9.69 Å². The summed E-state index contributed by atoms with van der Waals surface area (Å²) in [4.78, 5) is 20.9. The number of aromatic nitrogens is 1. The molecule has 3 nitrogen and oxygen atoms in total. The number of anilines is 1. The van der Waals surface area contributed by atoms with Gasteiger partial charge in [-0.2, -0.15) is 0 Å². The lowest BCUT2D eigenvalue weighted by Crippen LogP contribution is -2.30. The second kappa shape index (κ2) is 10.0. The molecule has 4 aromatic rings. The van der Waals surface area contributed by atoms with Crippen LogP contribution in [0.5, 0.6) is 0 Å². The van der Waals surface area contributed by atoms with Crippen molar-refractivity contribution in [2.24, 2.45) is 0 Å². The fourth-order valence-corrected chi connectivity index (χ4v) is 5.46. The number of fused-ring (bicyclic) bond motifs is 1. The first kappa shape index (κ1) is 22.2. The molecule has 0 atom stereocenters. The summed E-state index contributed by atoms with van der Waals surface area (Å²) >= 11 is 15.5. The van der Waals surface area contributed by atoms with E-state index < -0.39 is 0 Å². The van der Waals surface area contributed by atoms with Crippen LogP contribution in [0.3, 0.4) is 0 Å². The molecule has 0 radical (unpaired) electrons. The number of carbonyl (C=O) groups excluding carboxylic acids is 1. The first-order valence-corrected chi connectivity index (χ1v) is 12.4. The standard InChI is InChI=1S/C24H20Cl2N2OS2/c1-16-7-12-20(26)23-22(16)27-24(31-23)28(15-17-5-3-2-4-6-17)21(29)13-14-30-19-10-8-18(25)9-11-19/h2-12H,13-15H2,1H3. The minimum atomic E-state index is 0.0400. The predicted molar refractivity (Wildman–Crippen MR) is 134 cm³/mol. The normalized spacial score (nSPS) is 11.1. The van der Waals surface area contributed by atoms with E-state index in [-0.39, 0.29) is 5.91 Å². The van der Waals surface area contributed by atoms with E-state index in [1.54, 1.807) is 16.7 Å². The number of carbonyl (C=O) groups is 1. The molecule has 0 bridgehead atoms. The van der Waals surface area contributed by atoms with Crippen LogP contribution >= 0.6 is 46.3 Å². The molecular weight excluding hydrogens is 467 g/mol. The third-order valence-electron chi connectivity index (χ3n) is 4.80. The molecule has 0 aliphatic heterocycles. The highest BCUT2D eigenvalue weighted by Crippen LogP contribution is 2.36. The molecule has 1 heterocycles. The van der Waals surface area contributed by atoms with Gasteiger partial charge in [0, 0.05) is 22.1 Å². The summed E-state index contributed by atoms with van der Waals surface area (Å²) in [5.74, 6) is 0.717. The van der Waals surface area contributed by atoms with Crippen molar-refractivity contribution in [3.05, 3.63) is 87.9 Å². The Morgan fingerprint density at radius 1 is 1.03 bits per heavy atom. The predicted octanol–water partition coefficient (Wildman–Crippen LogP) is 7.63. The number of rotatable bonds is 7. The monoisotopic (exact) mass is 486 g/mol. The Morgan fingerprint density at radius 3 is 2.48 bits per heavy atom. The maximum Gasteiger partial charge on any atom is 0.229 e. The van der Waals surface area contributed by atoms with Gasteiger partial charge in [-0.05, 0) is 48.4 Å². The highest BCUT2D eigenvalue weighted by molar-refractivity contribution is 7.99. The topological polar surface area (TPSA) is 33.2 Å². The van der Waals surface area contributed by atoms with E-state index in [2.05, 4.69) is 0 Å². The molecule has 31 heavy (non-hydrogen) atoms. The van der Waals surface area contributed by atoms with E-state index in [9.17, 15) is 4.79 Å². The quantitative estimate of drug-likeness (QED) is 0.251. The van der Waals surface area contributed by atoms with Crippen molar-refractivity contribution >= 4 is 67.6 Å². The van der Waals surface area contributed by atoms with Crippen LogP contribution < -0.4 is 4.90 Å². The second-order valence-electron chi connectivity index (χ2n) is 7.06. The van der Waals surface area contributed by atoms with Gasteiger partial charge >= 0.3 is 0 Å². The van der Waals surface area contributed by atoms with Crippen molar-refractivity contribution in [2.45, 2.75) is 24.8 Å². The zero-order valence-corrected chi connectivity index (χ0v) is 20.0. The maximum absolute atomic E-state index is 13.3. The molecule has 1 amide bonds. The third-order valence-corrected chi connectivity index (χ3v) is 7.60. The zero-order valence-electron chi connectivity index (χ0n) is 16.8. The van der Waals surface area contributed by atoms with E-state index in [0.29, 0.717) is 33.9 Å². The van der Waals surface area contributed by atoms with E-state index in [4.69, 9.17) is 28.2 Å². The molecule has 0 saturated carbocycles. The van der Waals surface area contributed by atoms with Gasteiger partial charge in [-0.15, -0.1) is 11.8 Å². The van der Waals surface area contributed by atoms with Crippen molar-refractivity contribution in [3.8, 4) is 0 Å². The Labute approximate surface area is 200 Å². The largest absolute Gasteiger partial charge is 0.284 e. The summed E-state index contributed by atoms with van der Waals surface area (Å²) in [5, 5.41) is 2.05. The van der Waals surface area contributed by atoms with Gasteiger partial charge in [0.05, 0.1) is 21.8 Å². The minimum Gasteiger partial charge on any atom is -0.284 e. The molecule has 1 aromatic heterocycles. The van der Waals surface area contributed by atoms with E-state index in [0.717, 1.165) is 26.2 Å².